The van der Waals surface area contributed by atoms with Gasteiger partial charge in [0, 0.05) is 12.0 Å². The van der Waals surface area contributed by atoms with Gasteiger partial charge < -0.3 is 9.63 Å². The third-order valence-electron chi connectivity index (χ3n) is 2.71. The molecular formula is C9H8F3NO3. The molecule has 1 aliphatic rings. The molecule has 1 unspecified atom stereocenters. The van der Waals surface area contributed by atoms with Gasteiger partial charge in [-0.3, -0.25) is 0 Å². The summed E-state index contributed by atoms with van der Waals surface area (Å²) in [4.78, 5) is 10.7. The Labute approximate surface area is 88.0 Å². The first-order chi connectivity index (χ1) is 7.39. The Kier molecular flexibility index (Phi) is 2.40. The molecule has 0 spiro atoms. The lowest BCUT2D eigenvalue weighted by molar-refractivity contribution is -0.177. The van der Waals surface area contributed by atoms with E-state index in [2.05, 4.69) is 5.16 Å². The quantitative estimate of drug-likeness (QED) is 0.808. The Balaban J connectivity index is 2.31. The van der Waals surface area contributed by atoms with Crippen molar-refractivity contribution in [2.75, 3.05) is 0 Å². The highest BCUT2D eigenvalue weighted by atomic mass is 19.4. The van der Waals surface area contributed by atoms with E-state index in [9.17, 15) is 18.0 Å². The van der Waals surface area contributed by atoms with Gasteiger partial charge in [0.05, 0.1) is 5.92 Å². The van der Waals surface area contributed by atoms with E-state index < -0.39 is 23.8 Å². The first-order valence-electron chi connectivity index (χ1n) is 4.67. The molecule has 16 heavy (non-hydrogen) atoms. The van der Waals surface area contributed by atoms with E-state index in [1.807, 2.05) is 0 Å². The fourth-order valence-corrected chi connectivity index (χ4v) is 1.85. The molecule has 7 heteroatoms. The zero-order valence-electron chi connectivity index (χ0n) is 8.04. The minimum absolute atomic E-state index is 0.0786. The summed E-state index contributed by atoms with van der Waals surface area (Å²) in [5, 5.41) is 12.0. The Hall–Kier alpha value is -1.53. The second kappa shape index (κ2) is 3.50. The molecule has 88 valence electrons. The van der Waals surface area contributed by atoms with Crippen molar-refractivity contribution in [3.8, 4) is 0 Å². The van der Waals surface area contributed by atoms with Crippen LogP contribution in [0.5, 0.6) is 0 Å². The van der Waals surface area contributed by atoms with Crippen molar-refractivity contribution in [2.24, 2.45) is 5.92 Å². The number of carbonyl (C=O) groups is 1. The van der Waals surface area contributed by atoms with Crippen molar-refractivity contribution in [3.63, 3.8) is 0 Å². The van der Waals surface area contributed by atoms with Gasteiger partial charge >= 0.3 is 12.1 Å². The molecule has 1 aliphatic carbocycles. The van der Waals surface area contributed by atoms with Gasteiger partial charge in [-0.1, -0.05) is 5.16 Å². The molecule has 0 fully saturated rings. The summed E-state index contributed by atoms with van der Waals surface area (Å²) >= 11 is 0. The number of aryl methyl sites for hydroxylation is 1. The number of carboxylic acids is 1. The molecule has 1 aromatic rings. The molecule has 1 heterocycles. The number of aromatic carboxylic acids is 1. The van der Waals surface area contributed by atoms with Crippen molar-refractivity contribution in [2.45, 2.75) is 25.4 Å². The summed E-state index contributed by atoms with van der Waals surface area (Å²) in [6, 6.07) is 0. The maximum Gasteiger partial charge on any atom is 0.392 e. The second-order valence-electron chi connectivity index (χ2n) is 3.72. The molecule has 0 radical (unpaired) electrons. The highest BCUT2D eigenvalue weighted by molar-refractivity contribution is 5.87. The Bertz CT molecular complexity index is 424. The summed E-state index contributed by atoms with van der Waals surface area (Å²) < 4.78 is 42.1. The number of hydrogen-bond donors (Lipinski definition) is 1. The highest BCUT2D eigenvalue weighted by Crippen LogP contribution is 2.37. The molecule has 1 atom stereocenters. The zero-order valence-corrected chi connectivity index (χ0v) is 8.04. The van der Waals surface area contributed by atoms with Crippen LogP contribution in [0, 0.1) is 5.92 Å². The molecule has 0 aliphatic heterocycles. The first-order valence-corrected chi connectivity index (χ1v) is 4.67. The molecule has 4 nitrogen and oxygen atoms in total. The molecule has 2 rings (SSSR count). The van der Waals surface area contributed by atoms with E-state index in [0.717, 1.165) is 0 Å². The molecule has 0 bridgehead atoms. The van der Waals surface area contributed by atoms with E-state index in [1.54, 1.807) is 0 Å². The average Bonchev–Trinajstić information content (AvgIpc) is 2.58. The molecule has 1 aromatic heterocycles. The molecule has 0 saturated carbocycles. The van der Waals surface area contributed by atoms with Crippen molar-refractivity contribution in [3.05, 3.63) is 17.0 Å². The summed E-state index contributed by atoms with van der Waals surface area (Å²) in [6.45, 7) is 0. The van der Waals surface area contributed by atoms with Crippen molar-refractivity contribution >= 4 is 5.97 Å². The van der Waals surface area contributed by atoms with Crippen LogP contribution in [0.2, 0.25) is 0 Å². The van der Waals surface area contributed by atoms with Crippen molar-refractivity contribution in [1.82, 2.24) is 5.16 Å². The van der Waals surface area contributed by atoms with Gasteiger partial charge in [-0.15, -0.1) is 0 Å². The number of fused-ring (bicyclic) bond motifs is 1. The van der Waals surface area contributed by atoms with Crippen LogP contribution in [-0.4, -0.2) is 22.4 Å². The van der Waals surface area contributed by atoms with E-state index in [0.29, 0.717) is 0 Å². The maximum atomic E-state index is 12.5. The summed E-state index contributed by atoms with van der Waals surface area (Å²) in [6.07, 6.45) is -4.65. The normalized spacial score (nSPS) is 20.6. The van der Waals surface area contributed by atoms with Crippen LogP contribution in [0.4, 0.5) is 13.2 Å². The SMILES string of the molecule is O=C(O)c1noc2c1CC(C(F)(F)F)CC2. The lowest BCUT2D eigenvalue weighted by Gasteiger charge is -2.23. The van der Waals surface area contributed by atoms with Crippen LogP contribution in [0.25, 0.3) is 0 Å². The number of carboxylic acid groups (broad SMARTS) is 1. The minimum atomic E-state index is -4.30. The summed E-state index contributed by atoms with van der Waals surface area (Å²) in [7, 11) is 0. The predicted molar refractivity (Wildman–Crippen MR) is 45.0 cm³/mol. The van der Waals surface area contributed by atoms with E-state index >= 15 is 0 Å². The lowest BCUT2D eigenvalue weighted by atomic mass is 9.86. The minimum Gasteiger partial charge on any atom is -0.476 e. The van der Waals surface area contributed by atoms with Gasteiger partial charge in [0.1, 0.15) is 5.76 Å². The fourth-order valence-electron chi connectivity index (χ4n) is 1.85. The summed E-state index contributed by atoms with van der Waals surface area (Å²) in [5.74, 6) is -2.59. The number of rotatable bonds is 1. The topological polar surface area (TPSA) is 63.3 Å². The van der Waals surface area contributed by atoms with Crippen molar-refractivity contribution in [1.29, 1.82) is 0 Å². The number of aromatic nitrogens is 1. The molecular weight excluding hydrogens is 227 g/mol. The molecule has 0 aromatic carbocycles. The smallest absolute Gasteiger partial charge is 0.392 e. The van der Waals surface area contributed by atoms with Gasteiger partial charge in [0.2, 0.25) is 0 Å². The number of alkyl halides is 3. The zero-order chi connectivity index (χ0) is 11.9. The average molecular weight is 235 g/mol. The van der Waals surface area contributed by atoms with Crippen LogP contribution < -0.4 is 0 Å². The van der Waals surface area contributed by atoms with Gasteiger partial charge in [0.25, 0.3) is 0 Å². The largest absolute Gasteiger partial charge is 0.476 e. The monoisotopic (exact) mass is 235 g/mol. The third-order valence-corrected chi connectivity index (χ3v) is 2.71. The van der Waals surface area contributed by atoms with Crippen LogP contribution in [0.15, 0.2) is 4.52 Å². The fraction of sp³-hybridized carbons (Fsp3) is 0.556. The standard InChI is InChI=1S/C9H8F3NO3/c10-9(11,12)4-1-2-6-5(3-4)7(8(14)15)13-16-6/h4H,1-3H2,(H,14,15). The Morgan fingerprint density at radius 3 is 2.75 bits per heavy atom. The number of hydrogen-bond acceptors (Lipinski definition) is 3. The van der Waals surface area contributed by atoms with Gasteiger partial charge in [0.15, 0.2) is 5.69 Å². The van der Waals surface area contributed by atoms with Gasteiger partial charge in [-0.05, 0) is 12.8 Å². The number of nitrogens with zero attached hydrogens (tertiary/aromatic N) is 1. The van der Waals surface area contributed by atoms with E-state index in [-0.39, 0.29) is 30.6 Å². The second-order valence-corrected chi connectivity index (χ2v) is 3.72. The van der Waals surface area contributed by atoms with E-state index in [4.69, 9.17) is 9.63 Å². The van der Waals surface area contributed by atoms with Gasteiger partial charge in [-0.2, -0.15) is 13.2 Å². The van der Waals surface area contributed by atoms with E-state index in [1.165, 1.54) is 0 Å². The predicted octanol–water partition coefficient (Wildman–Crippen LogP) is 2.04. The third kappa shape index (κ3) is 1.77. The van der Waals surface area contributed by atoms with Gasteiger partial charge in [-0.25, -0.2) is 4.79 Å². The highest BCUT2D eigenvalue weighted by Gasteiger charge is 2.43. The molecule has 0 amide bonds. The van der Waals surface area contributed by atoms with Crippen LogP contribution in [0.1, 0.15) is 28.2 Å². The Morgan fingerprint density at radius 1 is 1.50 bits per heavy atom. The number of halogens is 3. The lowest BCUT2D eigenvalue weighted by Crippen LogP contribution is -2.29. The van der Waals surface area contributed by atoms with Crippen molar-refractivity contribution < 1.29 is 27.6 Å². The molecule has 1 N–H and O–H groups in total. The first kappa shape index (κ1) is 11.0. The molecule has 0 saturated heterocycles. The van der Waals surface area contributed by atoms with Crippen LogP contribution in [-0.2, 0) is 12.8 Å². The van der Waals surface area contributed by atoms with Crippen LogP contribution in [0.3, 0.4) is 0 Å². The Morgan fingerprint density at radius 2 is 2.19 bits per heavy atom. The summed E-state index contributed by atoms with van der Waals surface area (Å²) in [5.41, 5.74) is -0.315. The maximum absolute atomic E-state index is 12.5. The van der Waals surface area contributed by atoms with Crippen LogP contribution >= 0.6 is 0 Å².